The van der Waals surface area contributed by atoms with Gasteiger partial charge in [-0.1, -0.05) is 90.4 Å². The molecule has 0 bridgehead atoms. The Morgan fingerprint density at radius 2 is 1.64 bits per heavy atom. The Balaban J connectivity index is 1.17. The molecule has 0 radical (unpaired) electrons. The summed E-state index contributed by atoms with van der Waals surface area (Å²) in [5, 5.41) is 0. The summed E-state index contributed by atoms with van der Waals surface area (Å²) in [6.45, 7) is 22.4. The van der Waals surface area contributed by atoms with Gasteiger partial charge in [-0.05, 0) is 110 Å². The number of likely N-dealkylation sites (N-methyl/N-ethyl adjacent to an activating group) is 1. The lowest BCUT2D eigenvalue weighted by atomic mass is 9.33. The molecule has 0 amide bonds. The zero-order chi connectivity index (χ0) is 35.3. The number of carbonyl (C=O) groups is 1. The number of piperazine rings is 1. The Morgan fingerprint density at radius 3 is 2.38 bits per heavy atom. The summed E-state index contributed by atoms with van der Waals surface area (Å²) in [5.41, 5.74) is 5.30. The number of fused-ring (bicyclic) bond motifs is 8. The van der Waals surface area contributed by atoms with Crippen LogP contribution in [0.2, 0.25) is 0 Å². The first kappa shape index (κ1) is 34.4. The van der Waals surface area contributed by atoms with Gasteiger partial charge in [0.1, 0.15) is 18.8 Å². The van der Waals surface area contributed by atoms with Crippen molar-refractivity contribution in [3.05, 3.63) is 65.1 Å². The first-order valence-electron chi connectivity index (χ1n) is 20.0. The van der Waals surface area contributed by atoms with Gasteiger partial charge in [0, 0.05) is 37.2 Å². The normalized spacial score (nSPS) is 40.7. The van der Waals surface area contributed by atoms with E-state index in [0.717, 1.165) is 70.3 Å². The van der Waals surface area contributed by atoms with Crippen molar-refractivity contribution in [1.82, 2.24) is 14.9 Å². The van der Waals surface area contributed by atoms with Crippen LogP contribution < -0.4 is 4.90 Å². The average Bonchev–Trinajstić information content (AvgIpc) is 3.09. The Kier molecular flexibility index (Phi) is 8.18. The second-order valence-electron chi connectivity index (χ2n) is 19.1. The van der Waals surface area contributed by atoms with Gasteiger partial charge in [0.15, 0.2) is 0 Å². The van der Waals surface area contributed by atoms with Crippen molar-refractivity contribution >= 4 is 11.8 Å². The smallest absolute Gasteiger partial charge is 0.313 e. The van der Waals surface area contributed by atoms with Crippen molar-refractivity contribution in [3.8, 4) is 0 Å². The van der Waals surface area contributed by atoms with Gasteiger partial charge >= 0.3 is 5.97 Å². The standard InChI is InChI=1S/C44H62N4O2/c1-29-16-19-44(39(49)50-27-31-12-10-9-11-13-31)21-20-42(6)33(36(44)30(29)2)14-15-35-41(5)26-32-37(40(3,4)34(41)17-18-43(35,42)7)45-28-46-38(32)48-24-22-47(8)23-25-48/h9-14,28-30,34-36H,15-27H2,1-8H3/t29-,30+,34+,35-,36+,41+,42-,43-,44+/m1/s1. The van der Waals surface area contributed by atoms with E-state index in [1.807, 2.05) is 24.5 Å². The van der Waals surface area contributed by atoms with Crippen molar-refractivity contribution in [2.24, 2.45) is 51.2 Å². The van der Waals surface area contributed by atoms with Crippen LogP contribution in [0.15, 0.2) is 48.3 Å². The second kappa shape index (κ2) is 11.9. The summed E-state index contributed by atoms with van der Waals surface area (Å²) >= 11 is 0. The fourth-order valence-corrected chi connectivity index (χ4v) is 13.5. The maximum Gasteiger partial charge on any atom is 0.313 e. The number of hydrogen-bond donors (Lipinski definition) is 0. The van der Waals surface area contributed by atoms with Crippen LogP contribution in [-0.2, 0) is 28.0 Å². The highest BCUT2D eigenvalue weighted by Gasteiger charge is 2.69. The summed E-state index contributed by atoms with van der Waals surface area (Å²) in [7, 11) is 2.23. The lowest BCUT2D eigenvalue weighted by Crippen LogP contribution is -2.65. The number of esters is 1. The third kappa shape index (κ3) is 4.78. The van der Waals surface area contributed by atoms with Crippen LogP contribution in [0, 0.1) is 51.2 Å². The van der Waals surface area contributed by atoms with Gasteiger partial charge in [-0.15, -0.1) is 0 Å². The molecule has 6 aliphatic rings. The van der Waals surface area contributed by atoms with E-state index in [0.29, 0.717) is 30.3 Å². The first-order chi connectivity index (χ1) is 23.8. The number of carbonyl (C=O) groups excluding carboxylic acids is 1. The summed E-state index contributed by atoms with van der Waals surface area (Å²) in [5.74, 6) is 3.68. The zero-order valence-electron chi connectivity index (χ0n) is 32.2. The topological polar surface area (TPSA) is 58.6 Å². The quantitative estimate of drug-likeness (QED) is 0.238. The number of ether oxygens (including phenoxy) is 1. The van der Waals surface area contributed by atoms with E-state index in [9.17, 15) is 4.79 Å². The molecule has 0 spiro atoms. The fraction of sp³-hybridized carbons (Fsp3) is 0.705. The van der Waals surface area contributed by atoms with E-state index in [4.69, 9.17) is 14.7 Å². The van der Waals surface area contributed by atoms with Gasteiger partial charge in [0.05, 0.1) is 11.1 Å². The van der Waals surface area contributed by atoms with Crippen LogP contribution in [0.1, 0.15) is 110 Å². The molecular formula is C44H62N4O2. The maximum absolute atomic E-state index is 14.5. The second-order valence-corrected chi connectivity index (χ2v) is 19.1. The van der Waals surface area contributed by atoms with Crippen LogP contribution >= 0.6 is 0 Å². The minimum atomic E-state index is -0.420. The number of hydrogen-bond acceptors (Lipinski definition) is 6. The number of rotatable bonds is 4. The van der Waals surface area contributed by atoms with Crippen LogP contribution in [0.4, 0.5) is 5.82 Å². The minimum absolute atomic E-state index is 0.0175. The number of anilines is 1. The summed E-state index contributed by atoms with van der Waals surface area (Å²) in [6.07, 6.45) is 13.2. The first-order valence-corrected chi connectivity index (χ1v) is 20.0. The molecule has 9 atom stereocenters. The van der Waals surface area contributed by atoms with Gasteiger partial charge in [0.25, 0.3) is 0 Å². The van der Waals surface area contributed by atoms with Crippen molar-refractivity contribution < 1.29 is 9.53 Å². The van der Waals surface area contributed by atoms with Crippen LogP contribution in [0.25, 0.3) is 0 Å². The van der Waals surface area contributed by atoms with Gasteiger partial charge in [-0.25, -0.2) is 9.97 Å². The SMILES string of the molecule is C[C@H]1[C@H](C)CC[C@]2(C(=O)OCc3ccccc3)CC[C@]3(C)C(=CC[C@@H]4[C@@]5(C)Cc6c(N7CCN(C)CC7)ncnc6C(C)(C)[C@@H]5CC[C@]43C)[C@H]12. The monoisotopic (exact) mass is 678 g/mol. The Hall–Kier alpha value is -2.73. The van der Waals surface area contributed by atoms with E-state index < -0.39 is 5.41 Å². The summed E-state index contributed by atoms with van der Waals surface area (Å²) < 4.78 is 6.28. The predicted octanol–water partition coefficient (Wildman–Crippen LogP) is 8.64. The van der Waals surface area contributed by atoms with E-state index in [2.05, 4.69) is 83.5 Å². The molecule has 2 aromatic rings. The summed E-state index contributed by atoms with van der Waals surface area (Å²) in [6, 6.07) is 10.2. The van der Waals surface area contributed by atoms with Crippen LogP contribution in [-0.4, -0.2) is 54.1 Å². The third-order valence-electron chi connectivity index (χ3n) is 16.6. The predicted molar refractivity (Wildman–Crippen MR) is 201 cm³/mol. The molecule has 270 valence electrons. The van der Waals surface area contributed by atoms with Crippen molar-refractivity contribution in [2.45, 2.75) is 112 Å². The van der Waals surface area contributed by atoms with Gasteiger partial charge in [-0.3, -0.25) is 4.79 Å². The molecule has 0 unspecified atom stereocenters. The molecule has 5 aliphatic carbocycles. The van der Waals surface area contributed by atoms with E-state index in [-0.39, 0.29) is 33.5 Å². The molecule has 6 nitrogen and oxygen atoms in total. The largest absolute Gasteiger partial charge is 0.460 e. The average molecular weight is 679 g/mol. The summed E-state index contributed by atoms with van der Waals surface area (Å²) in [4.78, 5) is 29.6. The lowest BCUT2D eigenvalue weighted by Gasteiger charge is -2.71. The molecule has 6 heteroatoms. The molecule has 8 rings (SSSR count). The van der Waals surface area contributed by atoms with E-state index in [1.165, 1.54) is 29.9 Å². The molecule has 2 heterocycles. The Labute approximate surface area is 301 Å². The molecular weight excluding hydrogens is 617 g/mol. The highest BCUT2D eigenvalue weighted by Crippen LogP contribution is 2.75. The van der Waals surface area contributed by atoms with Crippen molar-refractivity contribution in [3.63, 3.8) is 0 Å². The number of aromatic nitrogens is 2. The highest BCUT2D eigenvalue weighted by atomic mass is 16.5. The number of benzene rings is 1. The van der Waals surface area contributed by atoms with Gasteiger partial charge in [-0.2, -0.15) is 0 Å². The highest BCUT2D eigenvalue weighted by molar-refractivity contribution is 5.79. The lowest BCUT2D eigenvalue weighted by molar-refractivity contribution is -0.184. The molecule has 3 saturated carbocycles. The minimum Gasteiger partial charge on any atom is -0.460 e. The van der Waals surface area contributed by atoms with Gasteiger partial charge < -0.3 is 14.5 Å². The Morgan fingerprint density at radius 1 is 0.900 bits per heavy atom. The maximum atomic E-state index is 14.5. The van der Waals surface area contributed by atoms with E-state index in [1.54, 1.807) is 5.57 Å². The zero-order valence-corrected chi connectivity index (χ0v) is 32.2. The van der Waals surface area contributed by atoms with Crippen LogP contribution in [0.3, 0.4) is 0 Å². The molecule has 1 aromatic carbocycles. The molecule has 1 aromatic heterocycles. The van der Waals surface area contributed by atoms with Gasteiger partial charge in [0.2, 0.25) is 0 Å². The van der Waals surface area contributed by atoms with E-state index >= 15 is 0 Å². The molecule has 4 fully saturated rings. The van der Waals surface area contributed by atoms with Crippen molar-refractivity contribution in [2.75, 3.05) is 38.1 Å². The van der Waals surface area contributed by atoms with Crippen molar-refractivity contribution in [1.29, 1.82) is 0 Å². The molecule has 1 saturated heterocycles. The third-order valence-corrected chi connectivity index (χ3v) is 16.6. The van der Waals surface area contributed by atoms with Crippen LogP contribution in [0.5, 0.6) is 0 Å². The molecule has 0 N–H and O–H groups in total. The molecule has 50 heavy (non-hydrogen) atoms. The number of nitrogens with zero attached hydrogens (tertiary/aromatic N) is 4. The number of allylic oxidation sites excluding steroid dienone is 2. The Bertz CT molecular complexity index is 1660. The molecule has 1 aliphatic heterocycles. The fourth-order valence-electron chi connectivity index (χ4n) is 13.5.